The fourth-order valence-corrected chi connectivity index (χ4v) is 15.0. The number of primary amides is 1. The molecule has 0 aromatic heterocycles. The number of phenols is 3. The first-order valence-corrected chi connectivity index (χ1v) is 37.6. The fraction of sp³-hybridized carbons (Fsp3) is 0.367. The van der Waals surface area contributed by atoms with Crippen LogP contribution in [0.25, 0.3) is 22.3 Å². The second kappa shape index (κ2) is 34.9. The number of fused-ring (bicyclic) bond motifs is 15. The van der Waals surface area contributed by atoms with Crippen LogP contribution in [0.15, 0.2) is 127 Å². The molecule has 610 valence electrons. The van der Waals surface area contributed by atoms with E-state index in [-0.39, 0.29) is 58.5 Å². The number of carbonyl (C=O) groups excluding carboxylic acids is 7. The number of halogens is 3. The lowest BCUT2D eigenvalue weighted by Gasteiger charge is -2.48. The summed E-state index contributed by atoms with van der Waals surface area (Å²) in [4.78, 5) is 118. The molecule has 2 saturated heterocycles. The molecule has 7 aromatic carbocycles. The lowest BCUT2D eigenvalue weighted by molar-refractivity contribution is -0.331. The first-order valence-electron chi connectivity index (χ1n) is 36.5. The van der Waals surface area contributed by atoms with Crippen LogP contribution in [0.1, 0.15) is 111 Å². The largest absolute Gasteiger partial charge is 0.508 e. The van der Waals surface area contributed by atoms with Gasteiger partial charge in [0.05, 0.1) is 34.7 Å². The molecule has 7 aliphatic heterocycles. The number of hydrogen-bond donors (Lipinski definition) is 19. The van der Waals surface area contributed by atoms with Gasteiger partial charge in [-0.15, -0.1) is 0 Å². The Labute approximate surface area is 671 Å². The van der Waals surface area contributed by atoms with Gasteiger partial charge >= 0.3 is 5.97 Å². The SMILES string of the molecule is CN[C@H](CC(C)C)C(=O)N[C@H]1C(=O)N[C@@H](CC(N)=O)C(=O)NC2C(=O)NC3C(=O)N[C@H](C(=O)N[C@@H](C(=O)O)c4cc(O)cc(O)c4-c4cc3ccc4O)[C@H](O)c3ccc(c(Cl)c3)Oc3cc2cc(c3OC2OC(CN)C(O)C(O)C2OC2CC(C)(NCc3ccc(-c4ccc(Cl)cc4)cc3)C(O)C(C)O2)Oc2ccc(cc2Cl)[C@H]1O. The number of phenolic OH excluding ortho intramolecular Hbond substituents is 3. The lowest BCUT2D eigenvalue weighted by atomic mass is 9.84. The number of aliphatic carboxylic acids is 1. The topological polar surface area (TPSA) is 522 Å². The molecule has 0 spiro atoms. The summed E-state index contributed by atoms with van der Waals surface area (Å²) in [5, 5.41) is 127. The number of hydrogen-bond acceptors (Lipinski definition) is 25. The molecule has 11 bridgehead atoms. The zero-order valence-corrected chi connectivity index (χ0v) is 64.3. The number of benzene rings is 7. The van der Waals surface area contributed by atoms with Crippen LogP contribution in [0.3, 0.4) is 0 Å². The molecule has 18 atom stereocenters. The maximum Gasteiger partial charge on any atom is 0.330 e. The molecule has 14 rings (SSSR count). The smallest absolute Gasteiger partial charge is 0.330 e. The number of carboxylic acids is 1. The molecular weight excluding hydrogens is 1560 g/mol. The predicted molar refractivity (Wildman–Crippen MR) is 411 cm³/mol. The van der Waals surface area contributed by atoms with Crippen molar-refractivity contribution in [1.29, 1.82) is 0 Å². The third-order valence-corrected chi connectivity index (χ3v) is 21.5. The zero-order valence-electron chi connectivity index (χ0n) is 62.1. The first-order chi connectivity index (χ1) is 54.6. The number of nitrogens with one attached hydrogen (secondary N) is 8. The molecule has 0 radical (unpaired) electrons. The molecule has 2 fully saturated rings. The number of carbonyl (C=O) groups is 8. The van der Waals surface area contributed by atoms with Crippen molar-refractivity contribution in [3.05, 3.63) is 176 Å². The highest BCUT2D eigenvalue weighted by molar-refractivity contribution is 6.32. The van der Waals surface area contributed by atoms with Crippen molar-refractivity contribution in [2.24, 2.45) is 17.4 Å². The third-order valence-electron chi connectivity index (χ3n) is 20.6. The lowest BCUT2D eigenvalue weighted by Crippen LogP contribution is -2.65. The Hall–Kier alpha value is -10.5. The minimum atomic E-state index is -2.35. The minimum Gasteiger partial charge on any atom is -0.508 e. The van der Waals surface area contributed by atoms with Crippen LogP contribution in [0.2, 0.25) is 15.1 Å². The van der Waals surface area contributed by atoms with E-state index in [9.17, 15) is 69.9 Å². The van der Waals surface area contributed by atoms with Gasteiger partial charge in [-0.2, -0.15) is 0 Å². The van der Waals surface area contributed by atoms with Crippen molar-refractivity contribution in [2.75, 3.05) is 13.6 Å². The highest BCUT2D eigenvalue weighted by Crippen LogP contribution is 2.50. The van der Waals surface area contributed by atoms with Crippen molar-refractivity contribution in [1.82, 2.24) is 42.5 Å². The van der Waals surface area contributed by atoms with Gasteiger partial charge in [0.15, 0.2) is 29.9 Å². The number of amides is 7. The van der Waals surface area contributed by atoms with Gasteiger partial charge in [0.25, 0.3) is 0 Å². The molecule has 0 aliphatic carbocycles. The Kier molecular flexibility index (Phi) is 25.5. The summed E-state index contributed by atoms with van der Waals surface area (Å²) >= 11 is 20.5. The molecule has 21 N–H and O–H groups in total. The van der Waals surface area contributed by atoms with Crippen molar-refractivity contribution >= 4 is 82.1 Å². The third kappa shape index (κ3) is 18.3. The fourth-order valence-electron chi connectivity index (χ4n) is 14.4. The van der Waals surface area contributed by atoms with Crippen molar-refractivity contribution < 1.29 is 113 Å². The number of likely N-dealkylation sites (N-methyl/N-ethyl adjacent to an activating group) is 1. The monoisotopic (exact) mass is 1650 g/mol. The molecule has 11 unspecified atom stereocenters. The van der Waals surface area contributed by atoms with Gasteiger partial charge in [0.1, 0.15) is 89.5 Å². The molecule has 7 amide bonds. The standard InChI is InChI=1S/C79H85Cl3N10O23/c1-32(2)20-47(85-5)71(102)91-62-64(97)38-13-18-51(45(81)22-38)111-53-24-40-25-54(68(53)115-78-69(67(100)66(99)55(30-83)113-78)114-57-29-79(4,70(101)33(3)110-57)86-31-34-6-8-35(9-7-34)36-10-15-41(80)16-11-36)112-52-19-14-39(23-46(52)82)65(98)63-76(107)90-61(77(108)109)44-26-42(93)27-50(95)58(44)43-21-37(12-17-49(43)94)59(73(104)92-63)89-74(105)60(40)88-72(103)48(28-56(84)96)87-75(62)106/h6-19,21-27,32-33,47-48,55,57,59-67,69-70,78,85-86,93-95,97-101H,20,28-31,83H2,1-5H3,(H2,84,96)(H,87,106)(H,88,103)(H,89,105)(H,90,107)(H,91,102)(H,92,104)(H,108,109)/t33?,47-,48+,55?,57?,59?,60?,61-,62-,63+,64-,65-,66?,67?,69?,70?,78?,79?/m1/s1. The van der Waals surface area contributed by atoms with Gasteiger partial charge in [-0.25, -0.2) is 4.79 Å². The first kappa shape index (κ1) is 83.9. The van der Waals surface area contributed by atoms with E-state index in [0.29, 0.717) is 5.02 Å². The summed E-state index contributed by atoms with van der Waals surface area (Å²) < 4.78 is 39.7. The molecular formula is C79H85Cl3N10O23. The summed E-state index contributed by atoms with van der Waals surface area (Å²) in [5.41, 5.74) is 10.7. The Bertz CT molecular complexity index is 4900. The van der Waals surface area contributed by atoms with Crippen LogP contribution in [-0.2, 0) is 59.1 Å². The van der Waals surface area contributed by atoms with Crippen LogP contribution in [0.5, 0.6) is 46.0 Å². The summed E-state index contributed by atoms with van der Waals surface area (Å²) in [6.45, 7) is 6.70. The van der Waals surface area contributed by atoms with E-state index in [4.69, 9.17) is 74.7 Å². The van der Waals surface area contributed by atoms with Crippen LogP contribution in [-0.4, -0.2) is 186 Å². The van der Waals surface area contributed by atoms with Crippen LogP contribution >= 0.6 is 34.8 Å². The number of aromatic hydroxyl groups is 3. The Morgan fingerprint density at radius 2 is 1.26 bits per heavy atom. The maximum absolute atomic E-state index is 16.2. The number of aliphatic hydroxyl groups excluding tert-OH is 5. The highest BCUT2D eigenvalue weighted by atomic mass is 35.5. The summed E-state index contributed by atoms with van der Waals surface area (Å²) in [6, 6.07) is 14.6. The Morgan fingerprint density at radius 1 is 0.661 bits per heavy atom. The molecule has 7 heterocycles. The van der Waals surface area contributed by atoms with E-state index in [2.05, 4.69) is 42.5 Å². The maximum atomic E-state index is 16.2. The average Bonchev–Trinajstić information content (AvgIpc) is 0.764. The Morgan fingerprint density at radius 3 is 1.86 bits per heavy atom. The molecule has 33 nitrogen and oxygen atoms in total. The van der Waals surface area contributed by atoms with E-state index in [1.165, 1.54) is 19.2 Å². The predicted octanol–water partition coefficient (Wildman–Crippen LogP) is 4.22. The summed E-state index contributed by atoms with van der Waals surface area (Å²) in [5.74, 6) is -15.8. The molecule has 7 aromatic rings. The normalized spacial score (nSPS) is 27.2. The van der Waals surface area contributed by atoms with Gasteiger partial charge in [0.2, 0.25) is 53.4 Å². The van der Waals surface area contributed by atoms with E-state index in [1.54, 1.807) is 26.0 Å². The van der Waals surface area contributed by atoms with Gasteiger partial charge in [-0.3, -0.25) is 33.6 Å². The number of carboxylic acid groups (broad SMARTS) is 1. The van der Waals surface area contributed by atoms with Crippen molar-refractivity contribution in [3.8, 4) is 68.2 Å². The molecule has 115 heavy (non-hydrogen) atoms. The minimum absolute atomic E-state index is 0.101. The summed E-state index contributed by atoms with van der Waals surface area (Å²) in [6.07, 6.45) is -18.0. The van der Waals surface area contributed by atoms with E-state index in [1.807, 2.05) is 50.2 Å². The molecule has 0 saturated carbocycles. The van der Waals surface area contributed by atoms with Gasteiger partial charge < -0.3 is 128 Å². The quantitative estimate of drug-likeness (QED) is 0.0606. The number of ether oxygens (including phenoxy) is 6. The molecule has 36 heteroatoms. The average molecular weight is 1650 g/mol. The van der Waals surface area contributed by atoms with Crippen LogP contribution in [0, 0.1) is 5.92 Å². The van der Waals surface area contributed by atoms with Crippen LogP contribution < -0.4 is 68.2 Å². The highest BCUT2D eigenvalue weighted by Gasteiger charge is 2.52. The van der Waals surface area contributed by atoms with E-state index in [0.717, 1.165) is 83.4 Å². The van der Waals surface area contributed by atoms with Crippen LogP contribution in [0.4, 0.5) is 0 Å². The second-order valence-electron chi connectivity index (χ2n) is 29.2. The number of nitrogens with two attached hydrogens (primary N) is 2. The van der Waals surface area contributed by atoms with Crippen molar-refractivity contribution in [2.45, 2.75) is 163 Å². The van der Waals surface area contributed by atoms with E-state index < -0.39 is 231 Å². The van der Waals surface area contributed by atoms with Gasteiger partial charge in [0, 0.05) is 52.8 Å². The Balaban J connectivity index is 1.04. The zero-order chi connectivity index (χ0) is 82.9. The number of rotatable bonds is 17. The second-order valence-corrected chi connectivity index (χ2v) is 30.5. The number of aliphatic hydroxyl groups is 5. The summed E-state index contributed by atoms with van der Waals surface area (Å²) in [7, 11) is 1.48. The van der Waals surface area contributed by atoms with Gasteiger partial charge in [-0.05, 0) is 139 Å². The van der Waals surface area contributed by atoms with Gasteiger partial charge in [-0.1, -0.05) is 103 Å². The van der Waals surface area contributed by atoms with E-state index >= 15 is 14.4 Å². The van der Waals surface area contributed by atoms with Crippen molar-refractivity contribution in [3.63, 3.8) is 0 Å². The molecule has 7 aliphatic rings.